The summed E-state index contributed by atoms with van der Waals surface area (Å²) in [6.07, 6.45) is 3.37. The first-order valence-electron chi connectivity index (χ1n) is 4.82. The van der Waals surface area contributed by atoms with Gasteiger partial charge >= 0.3 is 0 Å². The SMILES string of the molecule is Cc1nc2nccnc2c2ccccc12. The maximum absolute atomic E-state index is 4.43. The van der Waals surface area contributed by atoms with Gasteiger partial charge in [0, 0.05) is 28.9 Å². The van der Waals surface area contributed by atoms with E-state index >= 15 is 0 Å². The van der Waals surface area contributed by atoms with Gasteiger partial charge in [-0.2, -0.15) is 0 Å². The average Bonchev–Trinajstić information content (AvgIpc) is 2.30. The van der Waals surface area contributed by atoms with Crippen LogP contribution in [-0.4, -0.2) is 15.0 Å². The molecular weight excluding hydrogens is 186 g/mol. The van der Waals surface area contributed by atoms with Crippen LogP contribution in [0.1, 0.15) is 5.69 Å². The minimum absolute atomic E-state index is 0.716. The molecule has 1 aromatic carbocycles. The standard InChI is InChI=1S/C12H9N3/c1-8-9-4-2-3-5-10(9)11-12(15-8)14-7-6-13-11/h2-7H,1H3. The van der Waals surface area contributed by atoms with Crippen molar-refractivity contribution in [2.24, 2.45) is 0 Å². The first-order valence-corrected chi connectivity index (χ1v) is 4.82. The zero-order chi connectivity index (χ0) is 10.3. The molecule has 0 bridgehead atoms. The lowest BCUT2D eigenvalue weighted by Crippen LogP contribution is -1.91. The molecule has 0 amide bonds. The van der Waals surface area contributed by atoms with E-state index in [1.54, 1.807) is 12.4 Å². The molecule has 3 heteroatoms. The van der Waals surface area contributed by atoms with E-state index in [0.717, 1.165) is 22.0 Å². The number of aryl methyl sites for hydroxylation is 1. The van der Waals surface area contributed by atoms with Crippen LogP contribution < -0.4 is 0 Å². The molecule has 0 saturated heterocycles. The predicted molar refractivity (Wildman–Crippen MR) is 59.6 cm³/mol. The highest BCUT2D eigenvalue weighted by Gasteiger charge is 2.05. The Hall–Kier alpha value is -2.03. The maximum Gasteiger partial charge on any atom is 0.179 e. The van der Waals surface area contributed by atoms with Crippen molar-refractivity contribution in [3.63, 3.8) is 0 Å². The van der Waals surface area contributed by atoms with Crippen LogP contribution in [0.5, 0.6) is 0 Å². The minimum atomic E-state index is 0.716. The highest BCUT2D eigenvalue weighted by molar-refractivity contribution is 6.02. The third kappa shape index (κ3) is 1.16. The van der Waals surface area contributed by atoms with Crippen molar-refractivity contribution >= 4 is 21.9 Å². The molecule has 0 spiro atoms. The molecule has 0 N–H and O–H groups in total. The first kappa shape index (κ1) is 8.29. The fraction of sp³-hybridized carbons (Fsp3) is 0.0833. The van der Waals surface area contributed by atoms with Crippen molar-refractivity contribution in [3.05, 3.63) is 42.4 Å². The molecule has 3 rings (SSSR count). The summed E-state index contributed by atoms with van der Waals surface area (Å²) in [5.41, 5.74) is 2.59. The third-order valence-corrected chi connectivity index (χ3v) is 2.52. The lowest BCUT2D eigenvalue weighted by molar-refractivity contribution is 1.19. The van der Waals surface area contributed by atoms with Gasteiger partial charge in [-0.3, -0.25) is 4.98 Å². The number of pyridine rings is 1. The first-order chi connectivity index (χ1) is 7.36. The summed E-state index contributed by atoms with van der Waals surface area (Å²) in [7, 11) is 0. The Bertz CT molecular complexity index is 646. The molecule has 3 nitrogen and oxygen atoms in total. The molecular formula is C12H9N3. The topological polar surface area (TPSA) is 38.7 Å². The van der Waals surface area contributed by atoms with E-state index in [1.165, 1.54) is 0 Å². The number of hydrogen-bond donors (Lipinski definition) is 0. The largest absolute Gasteiger partial charge is 0.251 e. The van der Waals surface area contributed by atoms with Crippen LogP contribution in [0.15, 0.2) is 36.7 Å². The average molecular weight is 195 g/mol. The van der Waals surface area contributed by atoms with Crippen LogP contribution in [0, 0.1) is 6.92 Å². The van der Waals surface area contributed by atoms with Crippen LogP contribution in [0.3, 0.4) is 0 Å². The number of aromatic nitrogens is 3. The Morgan fingerprint density at radius 3 is 2.53 bits per heavy atom. The van der Waals surface area contributed by atoms with Gasteiger partial charge in [0.15, 0.2) is 5.65 Å². The fourth-order valence-electron chi connectivity index (χ4n) is 1.83. The van der Waals surface area contributed by atoms with E-state index in [4.69, 9.17) is 0 Å². The highest BCUT2D eigenvalue weighted by Crippen LogP contribution is 2.22. The second-order valence-electron chi connectivity index (χ2n) is 3.47. The van der Waals surface area contributed by atoms with Crippen molar-refractivity contribution in [2.45, 2.75) is 6.92 Å². The highest BCUT2D eigenvalue weighted by atomic mass is 14.9. The summed E-state index contributed by atoms with van der Waals surface area (Å²) in [5.74, 6) is 0. The maximum atomic E-state index is 4.43. The van der Waals surface area contributed by atoms with Gasteiger partial charge in [0.05, 0.1) is 0 Å². The number of benzene rings is 1. The summed E-state index contributed by atoms with van der Waals surface area (Å²) >= 11 is 0. The summed E-state index contributed by atoms with van der Waals surface area (Å²) < 4.78 is 0. The van der Waals surface area contributed by atoms with Crippen molar-refractivity contribution < 1.29 is 0 Å². The van der Waals surface area contributed by atoms with Gasteiger partial charge in [0.25, 0.3) is 0 Å². The molecule has 0 aliphatic carbocycles. The van der Waals surface area contributed by atoms with Crippen LogP contribution in [0.4, 0.5) is 0 Å². The van der Waals surface area contributed by atoms with Gasteiger partial charge in [-0.1, -0.05) is 24.3 Å². The van der Waals surface area contributed by atoms with E-state index in [9.17, 15) is 0 Å². The Labute approximate surface area is 86.8 Å². The molecule has 15 heavy (non-hydrogen) atoms. The molecule has 3 aromatic rings. The number of nitrogens with zero attached hydrogens (tertiary/aromatic N) is 3. The van der Waals surface area contributed by atoms with Crippen LogP contribution in [-0.2, 0) is 0 Å². The van der Waals surface area contributed by atoms with E-state index in [2.05, 4.69) is 27.1 Å². The van der Waals surface area contributed by atoms with E-state index in [-0.39, 0.29) is 0 Å². The summed E-state index contributed by atoms with van der Waals surface area (Å²) in [5, 5.41) is 2.26. The summed E-state index contributed by atoms with van der Waals surface area (Å²) in [6.45, 7) is 2.00. The molecule has 0 fully saturated rings. The predicted octanol–water partition coefficient (Wildman–Crippen LogP) is 2.49. The van der Waals surface area contributed by atoms with Crippen molar-refractivity contribution in [1.82, 2.24) is 15.0 Å². The van der Waals surface area contributed by atoms with Crippen molar-refractivity contribution in [3.8, 4) is 0 Å². The van der Waals surface area contributed by atoms with Gasteiger partial charge in [-0.25, -0.2) is 9.97 Å². The van der Waals surface area contributed by atoms with E-state index in [0.29, 0.717) is 5.65 Å². The molecule has 2 heterocycles. The molecule has 72 valence electrons. The van der Waals surface area contributed by atoms with Gasteiger partial charge in [0.1, 0.15) is 5.52 Å². The lowest BCUT2D eigenvalue weighted by Gasteiger charge is -2.03. The Balaban J connectivity index is 2.64. The van der Waals surface area contributed by atoms with E-state index in [1.807, 2.05) is 19.1 Å². The smallest absolute Gasteiger partial charge is 0.179 e. The van der Waals surface area contributed by atoms with E-state index < -0.39 is 0 Å². The van der Waals surface area contributed by atoms with Crippen LogP contribution in [0.25, 0.3) is 21.9 Å². The van der Waals surface area contributed by atoms with Gasteiger partial charge < -0.3 is 0 Å². The lowest BCUT2D eigenvalue weighted by atomic mass is 10.1. The second kappa shape index (κ2) is 2.98. The van der Waals surface area contributed by atoms with Crippen molar-refractivity contribution in [2.75, 3.05) is 0 Å². The Morgan fingerprint density at radius 2 is 1.67 bits per heavy atom. The molecule has 0 aliphatic heterocycles. The summed E-state index contributed by atoms with van der Waals surface area (Å²) in [6, 6.07) is 8.14. The molecule has 0 unspecified atom stereocenters. The second-order valence-corrected chi connectivity index (χ2v) is 3.47. The molecule has 0 saturated carbocycles. The minimum Gasteiger partial charge on any atom is -0.251 e. The molecule has 0 radical (unpaired) electrons. The quantitative estimate of drug-likeness (QED) is 0.517. The Kier molecular flexibility index (Phi) is 1.65. The van der Waals surface area contributed by atoms with Gasteiger partial charge in [-0.05, 0) is 6.92 Å². The fourth-order valence-corrected chi connectivity index (χ4v) is 1.83. The number of fused-ring (bicyclic) bond motifs is 3. The molecule has 0 aliphatic rings. The van der Waals surface area contributed by atoms with Crippen LogP contribution in [0.2, 0.25) is 0 Å². The normalized spacial score (nSPS) is 11.0. The monoisotopic (exact) mass is 195 g/mol. The van der Waals surface area contributed by atoms with Gasteiger partial charge in [0.2, 0.25) is 0 Å². The van der Waals surface area contributed by atoms with Gasteiger partial charge in [-0.15, -0.1) is 0 Å². The number of hydrogen-bond acceptors (Lipinski definition) is 3. The number of rotatable bonds is 0. The third-order valence-electron chi connectivity index (χ3n) is 2.52. The summed E-state index contributed by atoms with van der Waals surface area (Å²) in [4.78, 5) is 13.0. The van der Waals surface area contributed by atoms with Crippen molar-refractivity contribution in [1.29, 1.82) is 0 Å². The van der Waals surface area contributed by atoms with Crippen LogP contribution >= 0.6 is 0 Å². The zero-order valence-corrected chi connectivity index (χ0v) is 8.31. The molecule has 2 aromatic heterocycles. The zero-order valence-electron chi connectivity index (χ0n) is 8.31. The molecule has 0 atom stereocenters. The Morgan fingerprint density at radius 1 is 0.933 bits per heavy atom.